The Kier molecular flexibility index (Phi) is 5.66. The maximum absolute atomic E-state index is 11.5. The highest BCUT2D eigenvalue weighted by atomic mass is 16.5. The molecular weight excluding hydrogens is 218 g/mol. The summed E-state index contributed by atoms with van der Waals surface area (Å²) in [6, 6.07) is 7.48. The fourth-order valence-corrected chi connectivity index (χ4v) is 1.78. The Labute approximate surface area is 102 Å². The molecule has 17 heavy (non-hydrogen) atoms. The Morgan fingerprint density at radius 1 is 1.47 bits per heavy atom. The average Bonchev–Trinajstić information content (AvgIpc) is 2.36. The predicted octanol–water partition coefficient (Wildman–Crippen LogP) is 1.39. The van der Waals surface area contributed by atoms with Crippen LogP contribution in [-0.4, -0.2) is 24.7 Å². The number of amides is 1. The third-order valence-corrected chi connectivity index (χ3v) is 2.62. The normalized spacial score (nSPS) is 12.2. The van der Waals surface area contributed by atoms with E-state index < -0.39 is 0 Å². The van der Waals surface area contributed by atoms with Crippen LogP contribution in [0.1, 0.15) is 30.5 Å². The monoisotopic (exact) mass is 237 g/mol. The lowest BCUT2D eigenvalue weighted by molar-refractivity contribution is -0.125. The molecule has 0 radical (unpaired) electrons. The van der Waals surface area contributed by atoms with Crippen LogP contribution in [0, 0.1) is 0 Å². The van der Waals surface area contributed by atoms with Crippen LogP contribution in [0.2, 0.25) is 0 Å². The number of hydrogen-bond acceptors (Lipinski definition) is 3. The molecular formula is C13H19NO3. The molecule has 1 aromatic rings. The molecule has 0 saturated heterocycles. The molecule has 1 rings (SSSR count). The minimum absolute atomic E-state index is 0.0210. The highest BCUT2D eigenvalue weighted by molar-refractivity contribution is 5.77. The van der Waals surface area contributed by atoms with E-state index in [2.05, 4.69) is 5.32 Å². The molecule has 0 fully saturated rings. The summed E-state index contributed by atoms with van der Waals surface area (Å²) >= 11 is 0. The van der Waals surface area contributed by atoms with Gasteiger partial charge in [-0.1, -0.05) is 31.2 Å². The molecule has 1 amide bonds. The van der Waals surface area contributed by atoms with Crippen LogP contribution in [0.4, 0.5) is 0 Å². The van der Waals surface area contributed by atoms with Crippen molar-refractivity contribution in [3.8, 4) is 0 Å². The number of methoxy groups -OCH3 is 1. The van der Waals surface area contributed by atoms with Gasteiger partial charge < -0.3 is 15.2 Å². The van der Waals surface area contributed by atoms with Crippen molar-refractivity contribution in [3.63, 3.8) is 0 Å². The Morgan fingerprint density at radius 3 is 2.76 bits per heavy atom. The summed E-state index contributed by atoms with van der Waals surface area (Å²) < 4.78 is 4.78. The molecule has 94 valence electrons. The predicted molar refractivity (Wildman–Crippen MR) is 65.4 cm³/mol. The summed E-state index contributed by atoms with van der Waals surface area (Å²) in [5.74, 6) is -0.146. The molecule has 0 aliphatic rings. The highest BCUT2D eigenvalue weighted by Crippen LogP contribution is 2.20. The van der Waals surface area contributed by atoms with Crippen LogP contribution in [0.25, 0.3) is 0 Å². The quantitative estimate of drug-likeness (QED) is 0.786. The molecule has 4 nitrogen and oxygen atoms in total. The molecule has 2 N–H and O–H groups in total. The topological polar surface area (TPSA) is 58.6 Å². The Balaban J connectivity index is 2.82. The minimum Gasteiger partial charge on any atom is -0.392 e. The molecule has 0 unspecified atom stereocenters. The van der Waals surface area contributed by atoms with Crippen LogP contribution in [0.5, 0.6) is 0 Å². The second-order valence-corrected chi connectivity index (χ2v) is 3.82. The Hall–Kier alpha value is -1.39. The van der Waals surface area contributed by atoms with Gasteiger partial charge in [0.1, 0.15) is 6.61 Å². The average molecular weight is 237 g/mol. The van der Waals surface area contributed by atoms with Crippen LogP contribution < -0.4 is 5.32 Å². The maximum atomic E-state index is 11.5. The van der Waals surface area contributed by atoms with Gasteiger partial charge in [0.15, 0.2) is 0 Å². The zero-order valence-electron chi connectivity index (χ0n) is 10.3. The lowest BCUT2D eigenvalue weighted by atomic mass is 9.99. The second-order valence-electron chi connectivity index (χ2n) is 3.82. The first kappa shape index (κ1) is 13.7. The van der Waals surface area contributed by atoms with Gasteiger partial charge in [0.25, 0.3) is 0 Å². The van der Waals surface area contributed by atoms with Gasteiger partial charge in [0.05, 0.1) is 12.6 Å². The molecule has 0 aromatic heterocycles. The first-order valence-electron chi connectivity index (χ1n) is 5.69. The summed E-state index contributed by atoms with van der Waals surface area (Å²) in [7, 11) is 1.49. The van der Waals surface area contributed by atoms with Crippen molar-refractivity contribution in [1.29, 1.82) is 0 Å². The summed E-state index contributed by atoms with van der Waals surface area (Å²) in [6.07, 6.45) is 0.770. The molecule has 0 bridgehead atoms. The molecule has 0 aliphatic heterocycles. The Bertz CT molecular complexity index is 365. The number of rotatable bonds is 6. The van der Waals surface area contributed by atoms with Crippen molar-refractivity contribution < 1.29 is 14.6 Å². The number of aliphatic hydroxyl groups excluding tert-OH is 1. The van der Waals surface area contributed by atoms with Gasteiger partial charge in [-0.15, -0.1) is 0 Å². The van der Waals surface area contributed by atoms with Crippen LogP contribution in [0.15, 0.2) is 24.3 Å². The van der Waals surface area contributed by atoms with E-state index in [0.717, 1.165) is 17.5 Å². The first-order chi connectivity index (χ1) is 8.22. The minimum atomic E-state index is -0.146. The van der Waals surface area contributed by atoms with Crippen molar-refractivity contribution in [2.45, 2.75) is 26.0 Å². The molecule has 0 aliphatic carbocycles. The fourth-order valence-electron chi connectivity index (χ4n) is 1.78. The second kappa shape index (κ2) is 7.04. The van der Waals surface area contributed by atoms with Gasteiger partial charge >= 0.3 is 0 Å². The van der Waals surface area contributed by atoms with Gasteiger partial charge in [-0.05, 0) is 17.5 Å². The van der Waals surface area contributed by atoms with E-state index in [4.69, 9.17) is 4.74 Å². The number of carbonyl (C=O) groups is 1. The zero-order chi connectivity index (χ0) is 12.7. The van der Waals surface area contributed by atoms with Crippen molar-refractivity contribution in [2.75, 3.05) is 13.7 Å². The standard InChI is InChI=1S/C13H19NO3/c1-3-12(14-13(16)9-17-2)11-7-5-4-6-10(11)8-15/h4-7,12,15H,3,8-9H2,1-2H3,(H,14,16)/t12-/m0/s1. The molecule has 0 heterocycles. The third kappa shape index (κ3) is 3.84. The fraction of sp³-hybridized carbons (Fsp3) is 0.462. The smallest absolute Gasteiger partial charge is 0.246 e. The molecule has 4 heteroatoms. The number of benzene rings is 1. The van der Waals surface area contributed by atoms with Gasteiger partial charge in [-0.25, -0.2) is 0 Å². The van der Waals surface area contributed by atoms with E-state index in [1.165, 1.54) is 7.11 Å². The largest absolute Gasteiger partial charge is 0.392 e. The molecule has 1 aromatic carbocycles. The molecule has 0 spiro atoms. The summed E-state index contributed by atoms with van der Waals surface area (Å²) in [5, 5.41) is 12.1. The lowest BCUT2D eigenvalue weighted by Gasteiger charge is -2.19. The SMILES string of the molecule is CC[C@H](NC(=O)COC)c1ccccc1CO. The van der Waals surface area contributed by atoms with Crippen LogP contribution >= 0.6 is 0 Å². The zero-order valence-corrected chi connectivity index (χ0v) is 10.3. The highest BCUT2D eigenvalue weighted by Gasteiger charge is 2.15. The van der Waals surface area contributed by atoms with Crippen LogP contribution in [-0.2, 0) is 16.1 Å². The van der Waals surface area contributed by atoms with Crippen molar-refractivity contribution >= 4 is 5.91 Å². The number of nitrogens with one attached hydrogen (secondary N) is 1. The summed E-state index contributed by atoms with van der Waals surface area (Å²) in [4.78, 5) is 11.5. The van der Waals surface area contributed by atoms with Crippen molar-refractivity contribution in [3.05, 3.63) is 35.4 Å². The molecule has 1 atom stereocenters. The summed E-state index contributed by atoms with van der Waals surface area (Å²) in [6.45, 7) is 2.02. The van der Waals surface area contributed by atoms with E-state index in [1.807, 2.05) is 31.2 Å². The van der Waals surface area contributed by atoms with E-state index in [-0.39, 0.29) is 25.2 Å². The maximum Gasteiger partial charge on any atom is 0.246 e. The molecule has 0 saturated carbocycles. The summed E-state index contributed by atoms with van der Waals surface area (Å²) in [5.41, 5.74) is 1.80. The number of hydrogen-bond donors (Lipinski definition) is 2. The van der Waals surface area contributed by atoms with E-state index in [9.17, 15) is 9.90 Å². The third-order valence-electron chi connectivity index (χ3n) is 2.62. The lowest BCUT2D eigenvalue weighted by Crippen LogP contribution is -2.31. The van der Waals surface area contributed by atoms with E-state index in [0.29, 0.717) is 0 Å². The number of aliphatic hydroxyl groups is 1. The Morgan fingerprint density at radius 2 is 2.18 bits per heavy atom. The van der Waals surface area contributed by atoms with Crippen LogP contribution in [0.3, 0.4) is 0 Å². The van der Waals surface area contributed by atoms with Crippen molar-refractivity contribution in [2.24, 2.45) is 0 Å². The van der Waals surface area contributed by atoms with Gasteiger partial charge in [-0.3, -0.25) is 4.79 Å². The van der Waals surface area contributed by atoms with Gasteiger partial charge in [0, 0.05) is 7.11 Å². The number of ether oxygens (including phenoxy) is 1. The first-order valence-corrected chi connectivity index (χ1v) is 5.69. The van der Waals surface area contributed by atoms with Crippen molar-refractivity contribution in [1.82, 2.24) is 5.32 Å². The van der Waals surface area contributed by atoms with E-state index in [1.54, 1.807) is 0 Å². The van der Waals surface area contributed by atoms with Gasteiger partial charge in [0.2, 0.25) is 5.91 Å². The number of carbonyl (C=O) groups excluding carboxylic acids is 1. The van der Waals surface area contributed by atoms with Gasteiger partial charge in [-0.2, -0.15) is 0 Å². The van der Waals surface area contributed by atoms with E-state index >= 15 is 0 Å².